The molecule has 0 aromatic heterocycles. The molecule has 0 aliphatic heterocycles. The van der Waals surface area contributed by atoms with Crippen LogP contribution in [-0.2, 0) is 13.0 Å². The monoisotopic (exact) mass is 235 g/mol. The molecule has 0 heterocycles. The van der Waals surface area contributed by atoms with E-state index in [1.165, 1.54) is 23.1 Å². The highest BCUT2D eigenvalue weighted by Crippen LogP contribution is 2.58. The Labute approximate surface area is 108 Å². The molecule has 2 aromatic carbocycles. The largest absolute Gasteiger partial charge is 0.326 e. The summed E-state index contributed by atoms with van der Waals surface area (Å²) in [5, 5.41) is 0. The molecule has 1 fully saturated rings. The first-order valence-corrected chi connectivity index (χ1v) is 6.76. The molecule has 2 unspecified atom stereocenters. The van der Waals surface area contributed by atoms with E-state index in [4.69, 9.17) is 5.73 Å². The van der Waals surface area contributed by atoms with E-state index in [0.29, 0.717) is 6.54 Å². The zero-order valence-electron chi connectivity index (χ0n) is 10.4. The van der Waals surface area contributed by atoms with E-state index in [1.54, 1.807) is 11.1 Å². The molecule has 2 aromatic rings. The van der Waals surface area contributed by atoms with E-state index in [-0.39, 0.29) is 0 Å². The van der Waals surface area contributed by atoms with Crippen LogP contribution < -0.4 is 5.73 Å². The average molecular weight is 235 g/mol. The molecule has 0 spiro atoms. The van der Waals surface area contributed by atoms with Gasteiger partial charge in [-0.3, -0.25) is 0 Å². The van der Waals surface area contributed by atoms with Crippen LogP contribution in [0.3, 0.4) is 0 Å². The molecule has 18 heavy (non-hydrogen) atoms. The molecule has 0 amide bonds. The van der Waals surface area contributed by atoms with Crippen molar-refractivity contribution in [2.45, 2.75) is 31.2 Å². The van der Waals surface area contributed by atoms with Crippen LogP contribution in [0.25, 0.3) is 0 Å². The van der Waals surface area contributed by atoms with Crippen molar-refractivity contribution in [2.75, 3.05) is 0 Å². The Kier molecular flexibility index (Phi) is 2.12. The van der Waals surface area contributed by atoms with Crippen LogP contribution >= 0.6 is 0 Å². The summed E-state index contributed by atoms with van der Waals surface area (Å²) in [6, 6.07) is 15.8. The highest BCUT2D eigenvalue weighted by Gasteiger charge is 2.43. The van der Waals surface area contributed by atoms with Gasteiger partial charge in [-0.2, -0.15) is 0 Å². The Hall–Kier alpha value is -1.60. The molecule has 2 N–H and O–H groups in total. The smallest absolute Gasteiger partial charge is 0.0178 e. The SMILES string of the molecule is NCc1ccc2c(c1)Cc1ccccc1C1CC21. The molecule has 90 valence electrons. The molecule has 0 saturated heterocycles. The maximum Gasteiger partial charge on any atom is 0.0178 e. The van der Waals surface area contributed by atoms with Crippen LogP contribution in [0.15, 0.2) is 42.5 Å². The normalized spacial score (nSPS) is 23.6. The fourth-order valence-corrected chi connectivity index (χ4v) is 3.45. The molecule has 0 bridgehead atoms. The molecule has 1 nitrogen and oxygen atoms in total. The molecule has 2 aliphatic carbocycles. The Morgan fingerprint density at radius 2 is 1.72 bits per heavy atom. The van der Waals surface area contributed by atoms with E-state index in [1.807, 2.05) is 0 Å². The summed E-state index contributed by atoms with van der Waals surface area (Å²) in [4.78, 5) is 0. The van der Waals surface area contributed by atoms with Gasteiger partial charge in [0.2, 0.25) is 0 Å². The van der Waals surface area contributed by atoms with Crippen molar-refractivity contribution in [1.29, 1.82) is 0 Å². The predicted molar refractivity (Wildman–Crippen MR) is 73.7 cm³/mol. The van der Waals surface area contributed by atoms with Gasteiger partial charge >= 0.3 is 0 Å². The summed E-state index contributed by atoms with van der Waals surface area (Å²) in [7, 11) is 0. The first kappa shape index (κ1) is 10.3. The van der Waals surface area contributed by atoms with Gasteiger partial charge < -0.3 is 5.73 Å². The molecule has 2 atom stereocenters. The molecule has 2 aliphatic rings. The zero-order chi connectivity index (χ0) is 12.1. The maximum atomic E-state index is 5.76. The van der Waals surface area contributed by atoms with Crippen molar-refractivity contribution in [2.24, 2.45) is 5.73 Å². The second kappa shape index (κ2) is 3.69. The van der Waals surface area contributed by atoms with Crippen LogP contribution in [0, 0.1) is 0 Å². The first-order chi connectivity index (χ1) is 8.86. The third kappa shape index (κ3) is 1.44. The lowest BCUT2D eigenvalue weighted by Crippen LogP contribution is -2.00. The minimum absolute atomic E-state index is 0.642. The number of hydrogen-bond donors (Lipinski definition) is 1. The Balaban J connectivity index is 1.88. The van der Waals surface area contributed by atoms with Gasteiger partial charge in [0.05, 0.1) is 0 Å². The number of rotatable bonds is 1. The Morgan fingerprint density at radius 1 is 0.944 bits per heavy atom. The summed E-state index contributed by atoms with van der Waals surface area (Å²) in [6.07, 6.45) is 2.40. The van der Waals surface area contributed by atoms with Gasteiger partial charge in [0.25, 0.3) is 0 Å². The average Bonchev–Trinajstić information content (AvgIpc) is 3.19. The quantitative estimate of drug-likeness (QED) is 0.806. The second-order valence-corrected chi connectivity index (χ2v) is 5.56. The van der Waals surface area contributed by atoms with Crippen LogP contribution in [0.4, 0.5) is 0 Å². The van der Waals surface area contributed by atoms with Crippen molar-refractivity contribution >= 4 is 0 Å². The van der Waals surface area contributed by atoms with E-state index < -0.39 is 0 Å². The third-order valence-electron chi connectivity index (χ3n) is 4.47. The standard InChI is InChI=1S/C17H17N/c18-10-11-5-6-15-13(7-11)8-12-3-1-2-4-14(12)16-9-17(15)16/h1-7,16-17H,8-10,18H2. The number of nitrogens with two attached hydrogens (primary N) is 1. The molecule has 4 rings (SSSR count). The van der Waals surface area contributed by atoms with Gasteiger partial charge in [-0.15, -0.1) is 0 Å². The highest BCUT2D eigenvalue weighted by molar-refractivity contribution is 5.50. The lowest BCUT2D eigenvalue weighted by atomic mass is 9.96. The van der Waals surface area contributed by atoms with Crippen LogP contribution in [0.1, 0.15) is 46.1 Å². The minimum Gasteiger partial charge on any atom is -0.326 e. The van der Waals surface area contributed by atoms with E-state index in [2.05, 4.69) is 42.5 Å². The van der Waals surface area contributed by atoms with Crippen molar-refractivity contribution in [1.82, 2.24) is 0 Å². The molecular formula is C17H17N. The van der Waals surface area contributed by atoms with Crippen molar-refractivity contribution in [3.8, 4) is 0 Å². The van der Waals surface area contributed by atoms with E-state index in [9.17, 15) is 0 Å². The lowest BCUT2D eigenvalue weighted by Gasteiger charge is -2.10. The Morgan fingerprint density at radius 3 is 2.56 bits per heavy atom. The fourth-order valence-electron chi connectivity index (χ4n) is 3.45. The molecule has 1 saturated carbocycles. The minimum atomic E-state index is 0.642. The summed E-state index contributed by atoms with van der Waals surface area (Å²) in [5.74, 6) is 1.53. The van der Waals surface area contributed by atoms with E-state index in [0.717, 1.165) is 18.3 Å². The highest BCUT2D eigenvalue weighted by atomic mass is 14.5. The second-order valence-electron chi connectivity index (χ2n) is 5.56. The molecule has 0 radical (unpaired) electrons. The van der Waals surface area contributed by atoms with Gasteiger partial charge in [0.1, 0.15) is 0 Å². The number of fused-ring (bicyclic) bond motifs is 5. The summed E-state index contributed by atoms with van der Waals surface area (Å²) in [6.45, 7) is 0.642. The van der Waals surface area contributed by atoms with Gasteiger partial charge in [0, 0.05) is 6.54 Å². The maximum absolute atomic E-state index is 5.76. The zero-order valence-corrected chi connectivity index (χ0v) is 10.4. The molecule has 1 heteroatoms. The van der Waals surface area contributed by atoms with E-state index >= 15 is 0 Å². The lowest BCUT2D eigenvalue weighted by molar-refractivity contribution is 1.01. The first-order valence-electron chi connectivity index (χ1n) is 6.76. The molecular weight excluding hydrogens is 218 g/mol. The number of hydrogen-bond acceptors (Lipinski definition) is 1. The number of benzene rings is 2. The van der Waals surface area contributed by atoms with Gasteiger partial charge in [0.15, 0.2) is 0 Å². The van der Waals surface area contributed by atoms with Crippen molar-refractivity contribution < 1.29 is 0 Å². The third-order valence-corrected chi connectivity index (χ3v) is 4.47. The Bertz CT molecular complexity index is 615. The summed E-state index contributed by atoms with van der Waals surface area (Å²) in [5.41, 5.74) is 13.2. The van der Waals surface area contributed by atoms with Crippen molar-refractivity contribution in [3.05, 3.63) is 70.3 Å². The van der Waals surface area contributed by atoms with Crippen LogP contribution in [0.2, 0.25) is 0 Å². The predicted octanol–water partition coefficient (Wildman–Crippen LogP) is 3.32. The van der Waals surface area contributed by atoms with Gasteiger partial charge in [-0.05, 0) is 52.5 Å². The fraction of sp³-hybridized carbons (Fsp3) is 0.294. The topological polar surface area (TPSA) is 26.0 Å². The van der Waals surface area contributed by atoms with Crippen LogP contribution in [0.5, 0.6) is 0 Å². The summed E-state index contributed by atoms with van der Waals surface area (Å²) < 4.78 is 0. The van der Waals surface area contributed by atoms with Crippen LogP contribution in [-0.4, -0.2) is 0 Å². The van der Waals surface area contributed by atoms with Gasteiger partial charge in [-0.1, -0.05) is 42.5 Å². The van der Waals surface area contributed by atoms with Crippen molar-refractivity contribution in [3.63, 3.8) is 0 Å². The summed E-state index contributed by atoms with van der Waals surface area (Å²) >= 11 is 0. The van der Waals surface area contributed by atoms with Gasteiger partial charge in [-0.25, -0.2) is 0 Å².